The molecule has 0 saturated carbocycles. The van der Waals surface area contributed by atoms with Crippen molar-refractivity contribution in [1.82, 2.24) is 4.57 Å². The first-order valence-electron chi connectivity index (χ1n) is 11.8. The number of rotatable bonds is 4. The van der Waals surface area contributed by atoms with Crippen LogP contribution in [-0.2, 0) is 6.61 Å². The van der Waals surface area contributed by atoms with Crippen LogP contribution in [0.2, 0.25) is 0 Å². The number of nitrogens with zero attached hydrogens (tertiary/aromatic N) is 1. The van der Waals surface area contributed by atoms with Crippen molar-refractivity contribution in [2.75, 3.05) is 0 Å². The summed E-state index contributed by atoms with van der Waals surface area (Å²) in [6.07, 6.45) is 0. The Morgan fingerprint density at radius 1 is 0.571 bits per heavy atom. The van der Waals surface area contributed by atoms with Crippen LogP contribution < -0.4 is 4.74 Å². The number of hydrogen-bond donors (Lipinski definition) is 2. The van der Waals surface area contributed by atoms with E-state index in [2.05, 4.69) is 24.3 Å². The van der Waals surface area contributed by atoms with E-state index in [0.29, 0.717) is 12.3 Å². The Bertz CT molecular complexity index is 1450. The van der Waals surface area contributed by atoms with E-state index in [0.717, 1.165) is 22.4 Å². The number of aromatic hydroxyl groups is 2. The van der Waals surface area contributed by atoms with Gasteiger partial charge in [0.05, 0.1) is 5.69 Å². The lowest BCUT2D eigenvalue weighted by molar-refractivity contribution is 0.306. The summed E-state index contributed by atoms with van der Waals surface area (Å²) in [5.74, 6) is 0.698. The number of benzene rings is 4. The summed E-state index contributed by atoms with van der Waals surface area (Å²) in [5, 5.41) is 23.0. The molecule has 4 nitrogen and oxygen atoms in total. The molecule has 1 aromatic heterocycles. The highest BCUT2D eigenvalue weighted by molar-refractivity contribution is 5.73. The minimum atomic E-state index is -0.108. The number of ether oxygens (including phenoxy) is 1. The minimum absolute atomic E-state index is 0.0921. The minimum Gasteiger partial charge on any atom is -0.494 e. The van der Waals surface area contributed by atoms with Crippen molar-refractivity contribution in [3.8, 4) is 23.2 Å². The van der Waals surface area contributed by atoms with E-state index in [1.165, 1.54) is 22.3 Å². The summed E-state index contributed by atoms with van der Waals surface area (Å²) >= 11 is 0. The third-order valence-electron chi connectivity index (χ3n) is 7.35. The van der Waals surface area contributed by atoms with Crippen LogP contribution in [0.1, 0.15) is 50.8 Å². The lowest BCUT2D eigenvalue weighted by Gasteiger charge is -2.40. The van der Waals surface area contributed by atoms with Gasteiger partial charge in [0.1, 0.15) is 12.4 Å². The summed E-state index contributed by atoms with van der Waals surface area (Å²) < 4.78 is 7.48. The summed E-state index contributed by atoms with van der Waals surface area (Å²) in [7, 11) is 0. The Balaban J connectivity index is 1.30. The first-order chi connectivity index (χ1) is 17.2. The molecule has 0 spiro atoms. The molecule has 5 aromatic rings. The predicted molar refractivity (Wildman–Crippen MR) is 135 cm³/mol. The lowest BCUT2D eigenvalue weighted by Crippen LogP contribution is -2.26. The second-order valence-corrected chi connectivity index (χ2v) is 9.20. The second kappa shape index (κ2) is 7.54. The normalized spacial score (nSPS) is 16.9. The first kappa shape index (κ1) is 20.0. The Morgan fingerprint density at radius 2 is 1.03 bits per heavy atom. The summed E-state index contributed by atoms with van der Waals surface area (Å²) in [6.45, 7) is 0.481. The van der Waals surface area contributed by atoms with Crippen LogP contribution in [0.15, 0.2) is 103 Å². The van der Waals surface area contributed by atoms with Crippen LogP contribution in [0.3, 0.4) is 0 Å². The number of hydrogen-bond acceptors (Lipinski definition) is 3. The van der Waals surface area contributed by atoms with E-state index in [-0.39, 0.29) is 23.6 Å². The Hall–Kier alpha value is -4.44. The van der Waals surface area contributed by atoms with E-state index >= 15 is 0 Å². The highest BCUT2D eigenvalue weighted by Gasteiger charge is 2.46. The van der Waals surface area contributed by atoms with E-state index in [1.807, 2.05) is 78.9 Å². The second-order valence-electron chi connectivity index (χ2n) is 9.20. The maximum Gasteiger partial charge on any atom is 0.203 e. The molecule has 1 heterocycles. The molecule has 0 unspecified atom stereocenters. The monoisotopic (exact) mass is 457 g/mol. The van der Waals surface area contributed by atoms with Crippen molar-refractivity contribution in [3.05, 3.63) is 142 Å². The van der Waals surface area contributed by atoms with Gasteiger partial charge >= 0.3 is 0 Å². The third kappa shape index (κ3) is 2.86. The van der Waals surface area contributed by atoms with Gasteiger partial charge < -0.3 is 14.9 Å². The lowest BCUT2D eigenvalue weighted by atomic mass is 9.62. The molecule has 0 fully saturated rings. The van der Waals surface area contributed by atoms with Crippen molar-refractivity contribution in [2.24, 2.45) is 0 Å². The van der Waals surface area contributed by atoms with Gasteiger partial charge in [-0.2, -0.15) is 0 Å². The molecule has 35 heavy (non-hydrogen) atoms. The van der Waals surface area contributed by atoms with Crippen molar-refractivity contribution in [3.63, 3.8) is 0 Å². The topological polar surface area (TPSA) is 54.6 Å². The molecule has 0 saturated heterocycles. The molecular weight excluding hydrogens is 434 g/mol. The summed E-state index contributed by atoms with van der Waals surface area (Å²) in [5.41, 5.74) is 8.17. The molecule has 0 radical (unpaired) electrons. The molecule has 0 aliphatic heterocycles. The highest BCUT2D eigenvalue weighted by atomic mass is 16.5. The highest BCUT2D eigenvalue weighted by Crippen LogP contribution is 2.61. The Kier molecular flexibility index (Phi) is 4.30. The molecule has 4 heteroatoms. The van der Waals surface area contributed by atoms with E-state index in [1.54, 1.807) is 4.57 Å². The Morgan fingerprint density at radius 3 is 1.51 bits per heavy atom. The van der Waals surface area contributed by atoms with Crippen molar-refractivity contribution in [2.45, 2.75) is 18.4 Å². The van der Waals surface area contributed by atoms with Crippen LogP contribution in [0.25, 0.3) is 5.69 Å². The molecule has 0 amide bonds. The van der Waals surface area contributed by atoms with Gasteiger partial charge in [-0.1, -0.05) is 78.9 Å². The smallest absolute Gasteiger partial charge is 0.203 e. The van der Waals surface area contributed by atoms with Gasteiger partial charge in [0.15, 0.2) is 0 Å². The van der Waals surface area contributed by atoms with Crippen molar-refractivity contribution >= 4 is 0 Å². The molecular formula is C31H23NO3. The zero-order chi connectivity index (χ0) is 23.5. The van der Waals surface area contributed by atoms with Gasteiger partial charge in [-0.3, -0.25) is 4.57 Å². The van der Waals surface area contributed by atoms with E-state index in [4.69, 9.17) is 4.74 Å². The largest absolute Gasteiger partial charge is 0.494 e. The molecule has 0 atom stereocenters. The van der Waals surface area contributed by atoms with Crippen LogP contribution in [0.5, 0.6) is 17.5 Å². The molecule has 3 aliphatic carbocycles. The fourth-order valence-corrected chi connectivity index (χ4v) is 5.86. The summed E-state index contributed by atoms with van der Waals surface area (Å²) in [6, 6.07) is 34.2. The maximum absolute atomic E-state index is 11.5. The van der Waals surface area contributed by atoms with Crippen LogP contribution in [0, 0.1) is 0 Å². The van der Waals surface area contributed by atoms with Crippen molar-refractivity contribution in [1.29, 1.82) is 0 Å². The zero-order valence-electron chi connectivity index (χ0n) is 18.9. The predicted octanol–water partition coefficient (Wildman–Crippen LogP) is 6.45. The fourth-order valence-electron chi connectivity index (χ4n) is 5.86. The average Bonchev–Trinajstić information content (AvgIpc) is 3.18. The van der Waals surface area contributed by atoms with Crippen LogP contribution >= 0.6 is 0 Å². The van der Waals surface area contributed by atoms with Gasteiger partial charge in [-0.25, -0.2) is 0 Å². The van der Waals surface area contributed by atoms with Gasteiger partial charge in [0.25, 0.3) is 0 Å². The third-order valence-corrected chi connectivity index (χ3v) is 7.35. The molecule has 2 bridgehead atoms. The SMILES string of the molecule is Oc1c2c(c(O)n1-c1ccc(OCc3ccccc3)cc1)C1c3ccccc3C2c2ccccc21. The molecule has 8 rings (SSSR count). The quantitative estimate of drug-likeness (QED) is 0.319. The summed E-state index contributed by atoms with van der Waals surface area (Å²) in [4.78, 5) is 0. The molecule has 3 aliphatic rings. The molecule has 4 aromatic carbocycles. The van der Waals surface area contributed by atoms with Crippen LogP contribution in [-0.4, -0.2) is 14.8 Å². The first-order valence-corrected chi connectivity index (χ1v) is 11.8. The standard InChI is InChI=1S/C31H23NO3/c33-30-28-26-22-10-4-5-11-23(22)27(25-13-7-6-12-24(25)26)29(28)31(34)32(30)20-14-16-21(17-15-20)35-18-19-8-2-1-3-9-19/h1-17,26-27,33-34H,18H2. The maximum atomic E-state index is 11.5. The van der Waals surface area contributed by atoms with Gasteiger partial charge in [0.2, 0.25) is 11.8 Å². The molecule has 170 valence electrons. The van der Waals surface area contributed by atoms with Crippen molar-refractivity contribution < 1.29 is 14.9 Å². The Labute approximate surface area is 203 Å². The average molecular weight is 458 g/mol. The van der Waals surface area contributed by atoms with Gasteiger partial charge in [-0.05, 0) is 52.1 Å². The fraction of sp³-hybridized carbons (Fsp3) is 0.0968. The van der Waals surface area contributed by atoms with E-state index < -0.39 is 0 Å². The zero-order valence-corrected chi connectivity index (χ0v) is 18.9. The number of aromatic nitrogens is 1. The van der Waals surface area contributed by atoms with Gasteiger partial charge in [0, 0.05) is 23.0 Å². The van der Waals surface area contributed by atoms with E-state index in [9.17, 15) is 10.2 Å². The van der Waals surface area contributed by atoms with Gasteiger partial charge in [-0.15, -0.1) is 0 Å². The van der Waals surface area contributed by atoms with Crippen LogP contribution in [0.4, 0.5) is 0 Å². The molecule has 2 N–H and O–H groups in total.